The van der Waals surface area contributed by atoms with Crippen LogP contribution in [0.5, 0.6) is 0 Å². The maximum atomic E-state index is 13.4. The minimum atomic E-state index is -0.400. The Morgan fingerprint density at radius 1 is 0.625 bits per heavy atom. The van der Waals surface area contributed by atoms with Crippen LogP contribution in [-0.2, 0) is 33.3 Å². The summed E-state index contributed by atoms with van der Waals surface area (Å²) in [5.74, 6) is 3.93. The first-order valence-corrected chi connectivity index (χ1v) is 17.9. The highest BCUT2D eigenvalue weighted by atomic mass is 16.6. The van der Waals surface area contributed by atoms with Gasteiger partial charge in [-0.1, -0.05) is 45.1 Å². The van der Waals surface area contributed by atoms with Crippen molar-refractivity contribution in [3.8, 4) is 0 Å². The minimum Gasteiger partial charge on any atom is -0.462 e. The summed E-state index contributed by atoms with van der Waals surface area (Å²) in [7, 11) is 0. The van der Waals surface area contributed by atoms with Crippen LogP contribution < -0.4 is 0 Å². The van der Waals surface area contributed by atoms with Crippen molar-refractivity contribution in [3.05, 3.63) is 12.7 Å². The SMILES string of the molecule is C=CC(=O)OCCCOC1CCC(C(=O)OC2COC3CCC4CCCCC4C3C3C(CCC4CCCCC43)OC2)CC1.O.O.O.O.O. The number of carbonyl (C=O) groups excluding carboxylic acids is 2. The van der Waals surface area contributed by atoms with E-state index >= 15 is 0 Å². The van der Waals surface area contributed by atoms with Crippen molar-refractivity contribution >= 4 is 11.9 Å². The summed E-state index contributed by atoms with van der Waals surface area (Å²) in [6.45, 7) is 5.22. The van der Waals surface area contributed by atoms with Crippen molar-refractivity contribution in [3.63, 3.8) is 0 Å². The molecule has 0 amide bonds. The van der Waals surface area contributed by atoms with Crippen LogP contribution in [0, 0.1) is 41.4 Å². The molecule has 0 aromatic heterocycles. The van der Waals surface area contributed by atoms with Crippen LogP contribution in [0.2, 0.25) is 0 Å². The maximum absolute atomic E-state index is 13.4. The smallest absolute Gasteiger partial charge is 0.330 e. The van der Waals surface area contributed by atoms with Gasteiger partial charge in [0.05, 0.1) is 50.7 Å². The first-order valence-electron chi connectivity index (χ1n) is 17.9. The van der Waals surface area contributed by atoms with Gasteiger partial charge >= 0.3 is 11.9 Å². The molecule has 6 rings (SSSR count). The highest BCUT2D eigenvalue weighted by Crippen LogP contribution is 2.56. The number of hydrogen-bond donors (Lipinski definition) is 0. The second-order valence-corrected chi connectivity index (χ2v) is 14.6. The van der Waals surface area contributed by atoms with Crippen LogP contribution in [-0.4, -0.2) is 90.2 Å². The lowest BCUT2D eigenvalue weighted by molar-refractivity contribution is -0.166. The Morgan fingerprint density at radius 2 is 1.15 bits per heavy atom. The molecular formula is C36H66O12. The summed E-state index contributed by atoms with van der Waals surface area (Å²) in [5, 5.41) is 0. The number of rotatable bonds is 8. The second kappa shape index (κ2) is 21.5. The van der Waals surface area contributed by atoms with E-state index in [0.29, 0.717) is 44.7 Å². The third-order valence-corrected chi connectivity index (χ3v) is 12.2. The first-order chi connectivity index (χ1) is 21.1. The van der Waals surface area contributed by atoms with Crippen molar-refractivity contribution in [2.45, 2.75) is 134 Å². The topological polar surface area (TPSA) is 238 Å². The van der Waals surface area contributed by atoms with Crippen molar-refractivity contribution in [1.29, 1.82) is 0 Å². The van der Waals surface area contributed by atoms with E-state index in [2.05, 4.69) is 6.58 Å². The zero-order valence-corrected chi connectivity index (χ0v) is 28.8. The maximum Gasteiger partial charge on any atom is 0.330 e. The van der Waals surface area contributed by atoms with Crippen molar-refractivity contribution in [1.82, 2.24) is 0 Å². The summed E-state index contributed by atoms with van der Waals surface area (Å²) in [4.78, 5) is 24.5. The predicted octanol–water partition coefficient (Wildman–Crippen LogP) is 2.69. The number of fused-ring (bicyclic) bond motifs is 7. The molecule has 1 saturated heterocycles. The molecule has 48 heavy (non-hydrogen) atoms. The molecule has 0 radical (unpaired) electrons. The van der Waals surface area contributed by atoms with Gasteiger partial charge in [-0.25, -0.2) is 4.79 Å². The zero-order valence-electron chi connectivity index (χ0n) is 28.8. The molecule has 0 bridgehead atoms. The van der Waals surface area contributed by atoms with Gasteiger partial charge in [0.2, 0.25) is 0 Å². The van der Waals surface area contributed by atoms with Gasteiger partial charge in [-0.05, 0) is 99.7 Å². The van der Waals surface area contributed by atoms with Crippen LogP contribution in [0.3, 0.4) is 0 Å². The normalized spacial score (nSPS) is 37.1. The van der Waals surface area contributed by atoms with Gasteiger partial charge in [0, 0.05) is 12.5 Å². The molecule has 0 aromatic rings. The molecule has 5 aliphatic carbocycles. The van der Waals surface area contributed by atoms with Crippen molar-refractivity contribution < 1.29 is 60.7 Å². The Bertz CT molecular complexity index is 898. The quantitative estimate of drug-likeness (QED) is 0.209. The molecule has 8 unspecified atom stereocenters. The molecule has 1 heterocycles. The van der Waals surface area contributed by atoms with Gasteiger partial charge in [-0.15, -0.1) is 0 Å². The highest BCUT2D eigenvalue weighted by Gasteiger charge is 2.53. The van der Waals surface area contributed by atoms with Crippen LogP contribution in [0.1, 0.15) is 109 Å². The molecule has 12 heteroatoms. The lowest BCUT2D eigenvalue weighted by atomic mass is 9.53. The minimum absolute atomic E-state index is 0. The van der Waals surface area contributed by atoms with Crippen molar-refractivity contribution in [2.24, 2.45) is 41.4 Å². The van der Waals surface area contributed by atoms with Gasteiger partial charge in [0.15, 0.2) is 0 Å². The molecule has 10 N–H and O–H groups in total. The van der Waals surface area contributed by atoms with Gasteiger partial charge in [-0.3, -0.25) is 4.79 Å². The first kappa shape index (κ1) is 44.4. The third-order valence-electron chi connectivity index (χ3n) is 12.2. The lowest BCUT2D eigenvalue weighted by Gasteiger charge is -2.55. The molecule has 6 fully saturated rings. The fraction of sp³-hybridized carbons (Fsp3) is 0.889. The van der Waals surface area contributed by atoms with Gasteiger partial charge in [-0.2, -0.15) is 0 Å². The van der Waals surface area contributed by atoms with Crippen molar-refractivity contribution in [2.75, 3.05) is 26.4 Å². The van der Waals surface area contributed by atoms with E-state index in [9.17, 15) is 9.59 Å². The Balaban J connectivity index is 0.00000230. The Hall–Kier alpha value is -1.64. The number of hydrogen-bond acceptors (Lipinski definition) is 7. The zero-order chi connectivity index (χ0) is 29.6. The predicted molar refractivity (Wildman–Crippen MR) is 181 cm³/mol. The van der Waals surface area contributed by atoms with Gasteiger partial charge in [0.25, 0.3) is 0 Å². The van der Waals surface area contributed by atoms with E-state index < -0.39 is 5.97 Å². The number of carbonyl (C=O) groups is 2. The standard InChI is InChI=1S/C36H56O7.5H2O/c1-2-33(37)40-21-7-20-39-27-16-12-26(13-17-27)36(38)43-28-22-41-31-18-14-24-8-3-5-10-29(24)34(31)35-30-11-6-4-9-25(30)15-19-32(35)42-23-28;;;;;/h2,24-32,34-35H,1,3-23H2;5*1H2. The Labute approximate surface area is 286 Å². The molecule has 282 valence electrons. The third kappa shape index (κ3) is 10.7. The van der Waals surface area contributed by atoms with Crippen LogP contribution in [0.4, 0.5) is 0 Å². The van der Waals surface area contributed by atoms with Crippen LogP contribution >= 0.6 is 0 Å². The number of ether oxygens (including phenoxy) is 5. The summed E-state index contributed by atoms with van der Waals surface area (Å²) in [6, 6.07) is 0. The molecule has 12 nitrogen and oxygen atoms in total. The fourth-order valence-electron chi connectivity index (χ4n) is 10.2. The summed E-state index contributed by atoms with van der Waals surface area (Å²) in [6.07, 6.45) is 21.5. The van der Waals surface area contributed by atoms with E-state index in [1.165, 1.54) is 70.3 Å². The lowest BCUT2D eigenvalue weighted by Crippen LogP contribution is -2.53. The van der Waals surface area contributed by atoms with Gasteiger partial charge < -0.3 is 51.1 Å². The molecular weight excluding hydrogens is 624 g/mol. The van der Waals surface area contributed by atoms with E-state index in [4.69, 9.17) is 23.7 Å². The van der Waals surface area contributed by atoms with E-state index in [1.807, 2.05) is 0 Å². The monoisotopic (exact) mass is 690 g/mol. The molecule has 0 aromatic carbocycles. The summed E-state index contributed by atoms with van der Waals surface area (Å²) in [5.41, 5.74) is 0. The summed E-state index contributed by atoms with van der Waals surface area (Å²) >= 11 is 0. The largest absolute Gasteiger partial charge is 0.462 e. The molecule has 8 atom stereocenters. The average Bonchev–Trinajstić information content (AvgIpc) is 3.12. The fourth-order valence-corrected chi connectivity index (χ4v) is 10.2. The van der Waals surface area contributed by atoms with E-state index in [-0.39, 0.29) is 63.7 Å². The van der Waals surface area contributed by atoms with E-state index in [1.54, 1.807) is 0 Å². The molecule has 1 aliphatic heterocycles. The Kier molecular flexibility index (Phi) is 19.9. The molecule has 5 saturated carbocycles. The van der Waals surface area contributed by atoms with E-state index in [0.717, 1.165) is 62.2 Å². The van der Waals surface area contributed by atoms with Crippen LogP contribution in [0.15, 0.2) is 12.7 Å². The highest BCUT2D eigenvalue weighted by molar-refractivity contribution is 5.81. The van der Waals surface area contributed by atoms with Gasteiger partial charge in [0.1, 0.15) is 6.10 Å². The van der Waals surface area contributed by atoms with Crippen LogP contribution in [0.25, 0.3) is 0 Å². The molecule has 6 aliphatic rings. The second-order valence-electron chi connectivity index (χ2n) is 14.6. The average molecular weight is 691 g/mol. The Morgan fingerprint density at radius 3 is 1.67 bits per heavy atom. The number of esters is 2. The molecule has 0 spiro atoms. The summed E-state index contributed by atoms with van der Waals surface area (Å²) < 4.78 is 30.9.